The van der Waals surface area contributed by atoms with Gasteiger partial charge in [0, 0.05) is 17.8 Å². The molecule has 2 N–H and O–H groups in total. The van der Waals surface area contributed by atoms with Crippen LogP contribution in [0.5, 0.6) is 0 Å². The lowest BCUT2D eigenvalue weighted by atomic mass is 10.1. The number of carbonyl (C=O) groups is 1. The summed E-state index contributed by atoms with van der Waals surface area (Å²) in [4.78, 5) is 16.4. The van der Waals surface area contributed by atoms with Crippen molar-refractivity contribution in [2.75, 3.05) is 17.2 Å². The first kappa shape index (κ1) is 12.9. The van der Waals surface area contributed by atoms with Crippen LogP contribution in [-0.2, 0) is 6.42 Å². The summed E-state index contributed by atoms with van der Waals surface area (Å²) in [5.74, 6) is -0.132. The lowest BCUT2D eigenvalue weighted by molar-refractivity contribution is 0.102. The first-order valence-corrected chi connectivity index (χ1v) is 6.82. The van der Waals surface area contributed by atoms with E-state index in [0.29, 0.717) is 22.1 Å². The summed E-state index contributed by atoms with van der Waals surface area (Å²) >= 11 is 5.80. The van der Waals surface area contributed by atoms with Gasteiger partial charge in [-0.3, -0.25) is 4.79 Å². The van der Waals surface area contributed by atoms with Crippen LogP contribution in [0.15, 0.2) is 30.3 Å². The molecule has 0 spiro atoms. The lowest BCUT2D eigenvalue weighted by Crippen LogP contribution is -2.13. The molecule has 0 unspecified atom stereocenters. The molecule has 4 nitrogen and oxygen atoms in total. The number of hydrogen-bond acceptors (Lipinski definition) is 3. The summed E-state index contributed by atoms with van der Waals surface area (Å²) < 4.78 is 0. The highest BCUT2D eigenvalue weighted by molar-refractivity contribution is 6.29. The zero-order valence-corrected chi connectivity index (χ0v) is 11.8. The fourth-order valence-electron chi connectivity index (χ4n) is 2.30. The minimum Gasteiger partial charge on any atom is -0.384 e. The third-order valence-electron chi connectivity index (χ3n) is 3.38. The number of rotatable bonds is 2. The molecular weight excluding hydrogens is 274 g/mol. The van der Waals surface area contributed by atoms with Crippen molar-refractivity contribution in [1.82, 2.24) is 4.98 Å². The average molecular weight is 288 g/mol. The quantitative estimate of drug-likeness (QED) is 0.834. The van der Waals surface area contributed by atoms with Crippen LogP contribution in [-0.4, -0.2) is 17.4 Å². The van der Waals surface area contributed by atoms with Gasteiger partial charge in [0.1, 0.15) is 5.15 Å². The summed E-state index contributed by atoms with van der Waals surface area (Å²) in [6, 6.07) is 9.13. The fraction of sp³-hybridized carbons (Fsp3) is 0.200. The van der Waals surface area contributed by atoms with Crippen molar-refractivity contribution in [3.8, 4) is 0 Å². The zero-order chi connectivity index (χ0) is 14.1. The van der Waals surface area contributed by atoms with Crippen LogP contribution >= 0.6 is 11.6 Å². The minimum absolute atomic E-state index is 0.132. The van der Waals surface area contributed by atoms with Crippen LogP contribution in [0.2, 0.25) is 5.15 Å². The van der Waals surface area contributed by atoms with Gasteiger partial charge in [0.05, 0.1) is 11.4 Å². The smallest absolute Gasteiger partial charge is 0.255 e. The topological polar surface area (TPSA) is 54.0 Å². The molecule has 0 saturated carbocycles. The van der Waals surface area contributed by atoms with Gasteiger partial charge in [-0.05, 0) is 49.2 Å². The largest absolute Gasteiger partial charge is 0.384 e. The van der Waals surface area contributed by atoms with Crippen molar-refractivity contribution in [3.63, 3.8) is 0 Å². The van der Waals surface area contributed by atoms with E-state index < -0.39 is 0 Å². The third-order valence-corrected chi connectivity index (χ3v) is 3.59. The molecule has 0 aliphatic carbocycles. The highest BCUT2D eigenvalue weighted by atomic mass is 35.5. The van der Waals surface area contributed by atoms with Gasteiger partial charge >= 0.3 is 0 Å². The number of hydrogen-bond donors (Lipinski definition) is 2. The van der Waals surface area contributed by atoms with Crippen molar-refractivity contribution in [3.05, 3.63) is 52.3 Å². The number of carbonyl (C=O) groups excluding carboxylic acids is 1. The van der Waals surface area contributed by atoms with Crippen molar-refractivity contribution < 1.29 is 4.79 Å². The predicted octanol–water partition coefficient (Wildman–Crippen LogP) is 3.26. The van der Waals surface area contributed by atoms with Crippen LogP contribution in [0, 0.1) is 6.92 Å². The normalized spacial score (nSPS) is 12.7. The summed E-state index contributed by atoms with van der Waals surface area (Å²) in [5, 5.41) is 6.56. The van der Waals surface area contributed by atoms with E-state index in [1.807, 2.05) is 25.1 Å². The Morgan fingerprint density at radius 3 is 3.00 bits per heavy atom. The number of benzene rings is 1. The number of pyridine rings is 1. The van der Waals surface area contributed by atoms with Gasteiger partial charge in [-0.15, -0.1) is 0 Å². The number of amides is 1. The molecule has 5 heteroatoms. The molecule has 2 heterocycles. The van der Waals surface area contributed by atoms with Gasteiger partial charge < -0.3 is 10.6 Å². The fourth-order valence-corrected chi connectivity index (χ4v) is 2.49. The Bertz CT molecular complexity index is 685. The van der Waals surface area contributed by atoms with Crippen molar-refractivity contribution in [2.45, 2.75) is 13.3 Å². The zero-order valence-electron chi connectivity index (χ0n) is 11.0. The molecule has 0 fully saturated rings. The Balaban J connectivity index is 1.82. The van der Waals surface area contributed by atoms with E-state index in [9.17, 15) is 4.79 Å². The van der Waals surface area contributed by atoms with Crippen LogP contribution in [0.4, 0.5) is 11.4 Å². The van der Waals surface area contributed by atoms with Crippen molar-refractivity contribution in [1.29, 1.82) is 0 Å². The highest BCUT2D eigenvalue weighted by Crippen LogP contribution is 2.24. The maximum atomic E-state index is 12.3. The molecule has 1 aliphatic rings. The van der Waals surface area contributed by atoms with Gasteiger partial charge in [-0.2, -0.15) is 0 Å². The Kier molecular flexibility index (Phi) is 3.32. The number of nitrogens with one attached hydrogen (secondary N) is 2. The molecule has 0 saturated heterocycles. The average Bonchev–Trinajstić information content (AvgIpc) is 2.89. The minimum atomic E-state index is -0.132. The summed E-state index contributed by atoms with van der Waals surface area (Å²) in [7, 11) is 0. The molecule has 0 radical (unpaired) electrons. The Morgan fingerprint density at radius 2 is 2.20 bits per heavy atom. The van der Waals surface area contributed by atoms with Gasteiger partial charge in [-0.25, -0.2) is 4.98 Å². The SMILES string of the molecule is Cc1nc(Cl)ccc1NC(=O)c1ccc2c(c1)CCN2. The summed E-state index contributed by atoms with van der Waals surface area (Å²) in [5.41, 5.74) is 4.34. The maximum absolute atomic E-state index is 12.3. The molecule has 3 rings (SSSR count). The second kappa shape index (κ2) is 5.13. The molecular formula is C15H14ClN3O. The monoisotopic (exact) mass is 287 g/mol. The number of aryl methyl sites for hydroxylation is 1. The number of anilines is 2. The Hall–Kier alpha value is -2.07. The van der Waals surface area contributed by atoms with E-state index in [1.165, 1.54) is 5.56 Å². The molecule has 102 valence electrons. The van der Waals surface area contributed by atoms with Crippen LogP contribution in [0.1, 0.15) is 21.6 Å². The van der Waals surface area contributed by atoms with E-state index >= 15 is 0 Å². The first-order valence-electron chi connectivity index (χ1n) is 6.45. The van der Waals surface area contributed by atoms with Crippen molar-refractivity contribution in [2.24, 2.45) is 0 Å². The second-order valence-corrected chi connectivity index (χ2v) is 5.16. The van der Waals surface area contributed by atoms with Crippen molar-refractivity contribution >= 4 is 28.9 Å². The Morgan fingerprint density at radius 1 is 1.35 bits per heavy atom. The molecule has 20 heavy (non-hydrogen) atoms. The predicted molar refractivity (Wildman–Crippen MR) is 80.6 cm³/mol. The van der Waals surface area contributed by atoms with E-state index in [4.69, 9.17) is 11.6 Å². The molecule has 0 atom stereocenters. The molecule has 1 aliphatic heterocycles. The van der Waals surface area contributed by atoms with Crippen LogP contribution < -0.4 is 10.6 Å². The molecule has 0 bridgehead atoms. The van der Waals surface area contributed by atoms with Gasteiger partial charge in [0.2, 0.25) is 0 Å². The lowest BCUT2D eigenvalue weighted by Gasteiger charge is -2.09. The number of fused-ring (bicyclic) bond motifs is 1. The maximum Gasteiger partial charge on any atom is 0.255 e. The van der Waals surface area contributed by atoms with E-state index in [0.717, 1.165) is 18.7 Å². The molecule has 1 aromatic heterocycles. The number of nitrogens with zero attached hydrogens (tertiary/aromatic N) is 1. The van der Waals surface area contributed by atoms with Gasteiger partial charge in [0.15, 0.2) is 0 Å². The standard InChI is InChI=1S/C15H14ClN3O/c1-9-12(4-5-14(16)18-9)19-15(20)11-2-3-13-10(8-11)6-7-17-13/h2-5,8,17H,6-7H2,1H3,(H,19,20). The second-order valence-electron chi connectivity index (χ2n) is 4.77. The van der Waals surface area contributed by atoms with E-state index in [-0.39, 0.29) is 5.91 Å². The molecule has 1 aromatic carbocycles. The van der Waals surface area contributed by atoms with Crippen LogP contribution in [0.3, 0.4) is 0 Å². The first-order chi connectivity index (χ1) is 9.63. The highest BCUT2D eigenvalue weighted by Gasteiger charge is 2.14. The summed E-state index contributed by atoms with van der Waals surface area (Å²) in [6.45, 7) is 2.74. The molecule has 2 aromatic rings. The number of aromatic nitrogens is 1. The van der Waals surface area contributed by atoms with E-state index in [2.05, 4.69) is 15.6 Å². The summed E-state index contributed by atoms with van der Waals surface area (Å²) in [6.07, 6.45) is 0.956. The molecule has 1 amide bonds. The third kappa shape index (κ3) is 2.47. The van der Waals surface area contributed by atoms with Gasteiger partial charge in [-0.1, -0.05) is 11.6 Å². The number of halogens is 1. The van der Waals surface area contributed by atoms with E-state index in [1.54, 1.807) is 12.1 Å². The Labute approximate surface area is 122 Å². The van der Waals surface area contributed by atoms with Crippen LogP contribution in [0.25, 0.3) is 0 Å². The van der Waals surface area contributed by atoms with Gasteiger partial charge in [0.25, 0.3) is 5.91 Å².